The van der Waals surface area contributed by atoms with Crippen LogP contribution in [0.3, 0.4) is 0 Å². The molecule has 0 aliphatic heterocycles. The van der Waals surface area contributed by atoms with Gasteiger partial charge in [-0.25, -0.2) is 4.39 Å². The number of nitrogens with one attached hydrogen (secondary N) is 1. The monoisotopic (exact) mass is 478 g/mol. The maximum atomic E-state index is 13.6. The molecule has 6 nitrogen and oxygen atoms in total. The first-order chi connectivity index (χ1) is 16.5. The Morgan fingerprint density at radius 3 is 2.44 bits per heavy atom. The normalized spacial score (nSPS) is 11.6. The zero-order valence-corrected chi connectivity index (χ0v) is 19.3. The van der Waals surface area contributed by atoms with Crippen LogP contribution in [0.15, 0.2) is 88.9 Å². The van der Waals surface area contributed by atoms with E-state index in [0.29, 0.717) is 17.2 Å². The molecule has 0 radical (unpaired) electrons. The van der Waals surface area contributed by atoms with E-state index >= 15 is 0 Å². The summed E-state index contributed by atoms with van der Waals surface area (Å²) in [6.45, 7) is 0.246. The lowest BCUT2D eigenvalue weighted by Crippen LogP contribution is -2.44. The van der Waals surface area contributed by atoms with E-state index in [9.17, 15) is 14.0 Å². The third-order valence-electron chi connectivity index (χ3n) is 5.22. The Labute approximate surface area is 200 Å². The Morgan fingerprint density at radius 2 is 1.82 bits per heavy atom. The molecule has 1 atom stereocenters. The molecule has 0 aliphatic carbocycles. The van der Waals surface area contributed by atoms with Crippen molar-refractivity contribution in [3.63, 3.8) is 0 Å². The average Bonchev–Trinajstić information content (AvgIpc) is 3.56. The number of benzene rings is 2. The maximum Gasteiger partial charge on any atom is 0.251 e. The van der Waals surface area contributed by atoms with E-state index in [2.05, 4.69) is 5.32 Å². The molecule has 2 heterocycles. The molecular weight excluding hydrogens is 455 g/mol. The van der Waals surface area contributed by atoms with Gasteiger partial charge in [0.2, 0.25) is 5.91 Å². The Hall–Kier alpha value is -3.91. The average molecular weight is 479 g/mol. The molecule has 1 N–H and O–H groups in total. The van der Waals surface area contributed by atoms with Crippen LogP contribution in [0.4, 0.5) is 10.1 Å². The number of rotatable bonds is 9. The lowest BCUT2D eigenvalue weighted by molar-refractivity contribution is -0.127. The van der Waals surface area contributed by atoms with E-state index in [1.807, 2.05) is 29.6 Å². The third-order valence-corrected chi connectivity index (χ3v) is 6.10. The van der Waals surface area contributed by atoms with Gasteiger partial charge < -0.3 is 14.5 Å². The molecule has 0 saturated heterocycles. The van der Waals surface area contributed by atoms with Crippen molar-refractivity contribution >= 4 is 28.8 Å². The fourth-order valence-corrected chi connectivity index (χ4v) is 4.23. The lowest BCUT2D eigenvalue weighted by atomic mass is 10.1. The maximum absolute atomic E-state index is 13.6. The van der Waals surface area contributed by atoms with Crippen LogP contribution in [0.1, 0.15) is 22.2 Å². The molecular formula is C26H23FN2O4S. The molecule has 0 saturated carbocycles. The van der Waals surface area contributed by atoms with Gasteiger partial charge in [0, 0.05) is 17.1 Å². The van der Waals surface area contributed by atoms with Crippen molar-refractivity contribution in [2.45, 2.75) is 19.0 Å². The number of furan rings is 1. The molecule has 4 rings (SSSR count). The van der Waals surface area contributed by atoms with Gasteiger partial charge in [-0.3, -0.25) is 14.5 Å². The predicted octanol–water partition coefficient (Wildman–Crippen LogP) is 5.12. The van der Waals surface area contributed by atoms with Crippen LogP contribution in [0.5, 0.6) is 5.75 Å². The van der Waals surface area contributed by atoms with E-state index in [-0.39, 0.29) is 18.9 Å². The van der Waals surface area contributed by atoms with Crippen molar-refractivity contribution in [2.75, 3.05) is 12.0 Å². The number of thiophene rings is 1. The zero-order chi connectivity index (χ0) is 23.9. The summed E-state index contributed by atoms with van der Waals surface area (Å²) in [5.41, 5.74) is 1.26. The number of amides is 2. The van der Waals surface area contributed by atoms with Gasteiger partial charge in [0.1, 0.15) is 17.3 Å². The van der Waals surface area contributed by atoms with Crippen LogP contribution < -0.4 is 15.0 Å². The Morgan fingerprint density at radius 1 is 1.06 bits per heavy atom. The second-order valence-corrected chi connectivity index (χ2v) is 8.51. The van der Waals surface area contributed by atoms with Crippen LogP contribution >= 0.6 is 11.3 Å². The van der Waals surface area contributed by atoms with Gasteiger partial charge in [0.15, 0.2) is 6.04 Å². The van der Waals surface area contributed by atoms with Gasteiger partial charge in [-0.15, -0.1) is 11.3 Å². The molecule has 0 bridgehead atoms. The van der Waals surface area contributed by atoms with Gasteiger partial charge in [-0.1, -0.05) is 18.2 Å². The van der Waals surface area contributed by atoms with E-state index in [1.165, 1.54) is 46.8 Å². The summed E-state index contributed by atoms with van der Waals surface area (Å²) >= 11 is 1.45. The zero-order valence-electron chi connectivity index (χ0n) is 18.4. The van der Waals surface area contributed by atoms with Gasteiger partial charge in [0.25, 0.3) is 5.91 Å². The van der Waals surface area contributed by atoms with Gasteiger partial charge in [-0.05, 0) is 65.5 Å². The SMILES string of the molecule is COc1ccc(CNC(=O)C(c2ccco2)N(C(=O)Cc2cccs2)c2ccc(F)cc2)cc1. The van der Waals surface area contributed by atoms with Gasteiger partial charge >= 0.3 is 0 Å². The number of halogens is 1. The van der Waals surface area contributed by atoms with Crippen molar-refractivity contribution in [3.8, 4) is 5.75 Å². The summed E-state index contributed by atoms with van der Waals surface area (Å²) in [6.07, 6.45) is 1.55. The van der Waals surface area contributed by atoms with Gasteiger partial charge in [-0.2, -0.15) is 0 Å². The molecule has 174 valence electrons. The number of carbonyl (C=O) groups is 2. The van der Waals surface area contributed by atoms with Crippen molar-refractivity contribution in [1.82, 2.24) is 5.32 Å². The first-order valence-corrected chi connectivity index (χ1v) is 11.5. The highest BCUT2D eigenvalue weighted by Crippen LogP contribution is 2.30. The molecule has 2 amide bonds. The molecule has 34 heavy (non-hydrogen) atoms. The van der Waals surface area contributed by atoms with Crippen molar-refractivity contribution < 1.29 is 23.1 Å². The van der Waals surface area contributed by atoms with Crippen molar-refractivity contribution in [1.29, 1.82) is 0 Å². The second kappa shape index (κ2) is 10.8. The number of nitrogens with zero attached hydrogens (tertiary/aromatic N) is 1. The van der Waals surface area contributed by atoms with Crippen LogP contribution in [0.25, 0.3) is 0 Å². The van der Waals surface area contributed by atoms with E-state index in [1.54, 1.807) is 31.4 Å². The summed E-state index contributed by atoms with van der Waals surface area (Å²) in [5, 5.41) is 4.78. The smallest absolute Gasteiger partial charge is 0.251 e. The Kier molecular flexibility index (Phi) is 7.39. The number of anilines is 1. The van der Waals surface area contributed by atoms with E-state index in [0.717, 1.165) is 10.4 Å². The van der Waals surface area contributed by atoms with Crippen LogP contribution in [-0.2, 0) is 22.6 Å². The molecule has 8 heteroatoms. The highest BCUT2D eigenvalue weighted by Gasteiger charge is 2.34. The summed E-state index contributed by atoms with van der Waals surface area (Å²) in [4.78, 5) is 29.2. The Bertz CT molecular complexity index is 1210. The predicted molar refractivity (Wildman–Crippen MR) is 128 cm³/mol. The van der Waals surface area contributed by atoms with E-state index < -0.39 is 17.8 Å². The standard InChI is InChI=1S/C26H23FN2O4S/c1-32-21-12-6-18(7-13-21)17-28-26(31)25(23-5-2-14-33-23)29(20-10-8-19(27)9-11-20)24(30)16-22-4-3-15-34-22/h2-15,25H,16-17H2,1H3,(H,28,31). The summed E-state index contributed by atoms with van der Waals surface area (Å²) < 4.78 is 24.4. The van der Waals surface area contributed by atoms with Crippen molar-refractivity contribution in [2.24, 2.45) is 0 Å². The third kappa shape index (κ3) is 5.52. The number of hydrogen-bond acceptors (Lipinski definition) is 5. The summed E-state index contributed by atoms with van der Waals surface area (Å²) in [7, 11) is 1.59. The summed E-state index contributed by atoms with van der Waals surface area (Å²) in [5.74, 6) is -0.154. The Balaban J connectivity index is 1.64. The number of ether oxygens (including phenoxy) is 1. The molecule has 4 aromatic rings. The highest BCUT2D eigenvalue weighted by atomic mass is 32.1. The van der Waals surface area contributed by atoms with Crippen LogP contribution in [-0.4, -0.2) is 18.9 Å². The molecule has 0 aliphatic rings. The van der Waals surface area contributed by atoms with Gasteiger partial charge in [0.05, 0.1) is 19.8 Å². The minimum atomic E-state index is -1.08. The minimum Gasteiger partial charge on any atom is -0.497 e. The lowest BCUT2D eigenvalue weighted by Gasteiger charge is -2.30. The fourth-order valence-electron chi connectivity index (χ4n) is 3.54. The first kappa shape index (κ1) is 23.3. The number of hydrogen-bond donors (Lipinski definition) is 1. The quantitative estimate of drug-likeness (QED) is 0.362. The topological polar surface area (TPSA) is 71.8 Å². The number of carbonyl (C=O) groups excluding carboxylic acids is 2. The second-order valence-electron chi connectivity index (χ2n) is 7.48. The molecule has 2 aromatic heterocycles. The molecule has 0 fully saturated rings. The first-order valence-electron chi connectivity index (χ1n) is 10.6. The van der Waals surface area contributed by atoms with E-state index in [4.69, 9.17) is 9.15 Å². The summed E-state index contributed by atoms with van der Waals surface area (Å²) in [6, 6.07) is 18.7. The highest BCUT2D eigenvalue weighted by molar-refractivity contribution is 7.10. The molecule has 0 spiro atoms. The van der Waals surface area contributed by atoms with Crippen LogP contribution in [0, 0.1) is 5.82 Å². The molecule has 2 aromatic carbocycles. The largest absolute Gasteiger partial charge is 0.497 e. The fraction of sp³-hybridized carbons (Fsp3) is 0.154. The minimum absolute atomic E-state index is 0.0952. The van der Waals surface area contributed by atoms with Crippen molar-refractivity contribution in [3.05, 3.63) is 106 Å². The number of methoxy groups -OCH3 is 1. The molecule has 1 unspecified atom stereocenters. The van der Waals surface area contributed by atoms with Crippen LogP contribution in [0.2, 0.25) is 0 Å².